The van der Waals surface area contributed by atoms with Crippen molar-refractivity contribution in [1.82, 2.24) is 0 Å². The third-order valence-corrected chi connectivity index (χ3v) is 1.81. The lowest BCUT2D eigenvalue weighted by Gasteiger charge is -1.98. The summed E-state index contributed by atoms with van der Waals surface area (Å²) in [7, 11) is 0. The topological polar surface area (TPSA) is 39.2 Å². The largest absolute Gasteiger partial charge is 0.470 e. The van der Waals surface area contributed by atoms with Gasteiger partial charge in [0.1, 0.15) is 6.26 Å². The van der Waals surface area contributed by atoms with Gasteiger partial charge in [-0.1, -0.05) is 11.6 Å². The fourth-order valence-corrected chi connectivity index (χ4v) is 1.31. The minimum atomic E-state index is 0.620. The smallest absolute Gasteiger partial charge is 0.114 e. The van der Waals surface area contributed by atoms with Crippen LogP contribution in [-0.2, 0) is 0 Å². The summed E-state index contributed by atoms with van der Waals surface area (Å²) in [6, 6.07) is 3.64. The van der Waals surface area contributed by atoms with Gasteiger partial charge in [-0.05, 0) is 12.1 Å². The average molecular weight is 168 g/mol. The van der Waals surface area contributed by atoms with E-state index in [2.05, 4.69) is 0 Å². The van der Waals surface area contributed by atoms with Crippen LogP contribution in [0.15, 0.2) is 29.1 Å². The first kappa shape index (κ1) is 6.55. The molecule has 1 heterocycles. The third kappa shape index (κ3) is 0.955. The molecule has 0 amide bonds. The van der Waals surface area contributed by atoms with Gasteiger partial charge in [0.05, 0.1) is 12.0 Å². The number of fused-ring (bicyclic) bond motifs is 1. The molecule has 2 rings (SSSR count). The Morgan fingerprint density at radius 3 is 2.82 bits per heavy atom. The molecule has 0 aromatic rings. The zero-order valence-electron chi connectivity index (χ0n) is 5.67. The van der Waals surface area contributed by atoms with Gasteiger partial charge < -0.3 is 10.2 Å². The number of hydrogen-bond acceptors (Lipinski definition) is 2. The Hall–Kier alpha value is -1.15. The van der Waals surface area contributed by atoms with Crippen LogP contribution >= 0.6 is 11.6 Å². The highest BCUT2D eigenvalue weighted by Crippen LogP contribution is 2.33. The molecule has 0 aromatic heterocycles. The summed E-state index contributed by atoms with van der Waals surface area (Å²) in [4.78, 5) is 0. The van der Waals surface area contributed by atoms with Crippen LogP contribution in [0.3, 0.4) is 0 Å². The Bertz CT molecular complexity index is 355. The van der Waals surface area contributed by atoms with Crippen molar-refractivity contribution in [3.63, 3.8) is 0 Å². The second kappa shape index (κ2) is 2.17. The fraction of sp³-hybridized carbons (Fsp3) is 0. The standard InChI is InChI=1S/C8H6ClNO/c9-6-1-5-3-11-4-8(10)7(5)2-6/h1-4H,10H2. The number of nitrogen functional groups attached to an aromatic ring is 1. The summed E-state index contributed by atoms with van der Waals surface area (Å²) in [6.07, 6.45) is 3.12. The van der Waals surface area contributed by atoms with Crippen LogP contribution in [-0.4, -0.2) is 0 Å². The fourth-order valence-electron chi connectivity index (χ4n) is 1.08. The Morgan fingerprint density at radius 2 is 2.09 bits per heavy atom. The summed E-state index contributed by atoms with van der Waals surface area (Å²) < 4.78 is 4.95. The first-order valence-corrected chi connectivity index (χ1v) is 3.56. The third-order valence-electron chi connectivity index (χ3n) is 1.59. The summed E-state index contributed by atoms with van der Waals surface area (Å²) >= 11 is 5.76. The molecule has 0 fully saturated rings. The zero-order valence-corrected chi connectivity index (χ0v) is 6.43. The van der Waals surface area contributed by atoms with E-state index >= 15 is 0 Å². The minimum absolute atomic E-state index is 0.620. The van der Waals surface area contributed by atoms with Gasteiger partial charge in [0, 0.05) is 16.1 Å². The van der Waals surface area contributed by atoms with Crippen molar-refractivity contribution in [3.8, 4) is 11.1 Å². The van der Waals surface area contributed by atoms with Gasteiger partial charge >= 0.3 is 0 Å². The SMILES string of the molecule is Nc1cocc2cc(Cl)cc1-2. The Labute approximate surface area is 68.9 Å². The lowest BCUT2D eigenvalue weighted by Crippen LogP contribution is -1.86. The molecule has 2 N–H and O–H groups in total. The van der Waals surface area contributed by atoms with E-state index in [-0.39, 0.29) is 0 Å². The maximum atomic E-state index is 5.76. The summed E-state index contributed by atoms with van der Waals surface area (Å²) in [6.45, 7) is 0. The molecule has 0 radical (unpaired) electrons. The van der Waals surface area contributed by atoms with Gasteiger partial charge in [-0.3, -0.25) is 0 Å². The van der Waals surface area contributed by atoms with E-state index in [1.54, 1.807) is 6.26 Å². The summed E-state index contributed by atoms with van der Waals surface area (Å²) in [5.74, 6) is 0. The predicted molar refractivity (Wildman–Crippen MR) is 44.8 cm³/mol. The monoisotopic (exact) mass is 167 g/mol. The lowest BCUT2D eigenvalue weighted by atomic mass is 10.2. The van der Waals surface area contributed by atoms with Gasteiger partial charge in [-0.25, -0.2) is 0 Å². The number of nitrogens with two attached hydrogens (primary N) is 1. The first-order valence-electron chi connectivity index (χ1n) is 3.18. The molecule has 11 heavy (non-hydrogen) atoms. The van der Waals surface area contributed by atoms with E-state index in [0.717, 1.165) is 11.1 Å². The highest BCUT2D eigenvalue weighted by atomic mass is 35.5. The van der Waals surface area contributed by atoms with Crippen molar-refractivity contribution < 1.29 is 4.42 Å². The first-order chi connectivity index (χ1) is 5.27. The van der Waals surface area contributed by atoms with Crippen LogP contribution in [0.1, 0.15) is 0 Å². The predicted octanol–water partition coefficient (Wildman–Crippen LogP) is 2.62. The highest BCUT2D eigenvalue weighted by molar-refractivity contribution is 6.31. The van der Waals surface area contributed by atoms with Crippen LogP contribution in [0.4, 0.5) is 5.69 Å². The second-order valence-electron chi connectivity index (χ2n) is 2.37. The van der Waals surface area contributed by atoms with Crippen molar-refractivity contribution in [2.24, 2.45) is 0 Å². The van der Waals surface area contributed by atoms with Gasteiger partial charge in [0.15, 0.2) is 0 Å². The molecule has 1 aliphatic heterocycles. The second-order valence-corrected chi connectivity index (χ2v) is 2.81. The van der Waals surface area contributed by atoms with E-state index in [1.807, 2.05) is 12.1 Å². The normalized spacial score (nSPS) is 10.6. The van der Waals surface area contributed by atoms with Gasteiger partial charge in [0.2, 0.25) is 0 Å². The minimum Gasteiger partial charge on any atom is -0.470 e. The van der Waals surface area contributed by atoms with Crippen LogP contribution in [0.2, 0.25) is 5.02 Å². The molecule has 0 spiro atoms. The molecule has 2 nitrogen and oxygen atoms in total. The van der Waals surface area contributed by atoms with Gasteiger partial charge in [0.25, 0.3) is 0 Å². The molecule has 56 valence electrons. The van der Waals surface area contributed by atoms with E-state index in [9.17, 15) is 0 Å². The van der Waals surface area contributed by atoms with Crippen molar-refractivity contribution >= 4 is 17.3 Å². The van der Waals surface area contributed by atoms with E-state index in [0.29, 0.717) is 10.7 Å². The van der Waals surface area contributed by atoms with Crippen LogP contribution in [0.25, 0.3) is 11.1 Å². The zero-order chi connectivity index (χ0) is 7.84. The average Bonchev–Trinajstić information content (AvgIpc) is 2.31. The van der Waals surface area contributed by atoms with Crippen molar-refractivity contribution in [2.45, 2.75) is 0 Å². The van der Waals surface area contributed by atoms with E-state index in [1.165, 1.54) is 6.26 Å². The highest BCUT2D eigenvalue weighted by Gasteiger charge is 2.08. The Balaban J connectivity index is 2.78. The molecule has 0 unspecified atom stereocenters. The molecule has 0 saturated carbocycles. The molecule has 1 aliphatic carbocycles. The maximum Gasteiger partial charge on any atom is 0.114 e. The quantitative estimate of drug-likeness (QED) is 0.655. The molecule has 0 aromatic carbocycles. The van der Waals surface area contributed by atoms with Gasteiger partial charge in [-0.15, -0.1) is 0 Å². The van der Waals surface area contributed by atoms with Crippen molar-refractivity contribution in [3.05, 3.63) is 29.7 Å². The van der Waals surface area contributed by atoms with E-state index < -0.39 is 0 Å². The number of anilines is 1. The molecule has 0 bridgehead atoms. The molecular weight excluding hydrogens is 162 g/mol. The van der Waals surface area contributed by atoms with Gasteiger partial charge in [-0.2, -0.15) is 0 Å². The molecular formula is C8H6ClNO. The lowest BCUT2D eigenvalue weighted by molar-refractivity contribution is 0.554. The maximum absolute atomic E-state index is 5.76. The molecule has 0 saturated heterocycles. The van der Waals surface area contributed by atoms with Crippen LogP contribution in [0.5, 0.6) is 0 Å². The van der Waals surface area contributed by atoms with Crippen molar-refractivity contribution in [1.29, 1.82) is 0 Å². The summed E-state index contributed by atoms with van der Waals surface area (Å²) in [5.41, 5.74) is 8.12. The Kier molecular flexibility index (Phi) is 1.29. The Morgan fingerprint density at radius 1 is 1.27 bits per heavy atom. The molecule has 2 aliphatic rings. The molecule has 3 heteroatoms. The molecule has 0 atom stereocenters. The van der Waals surface area contributed by atoms with Crippen molar-refractivity contribution in [2.75, 3.05) is 5.73 Å². The number of hydrogen-bond donors (Lipinski definition) is 1. The van der Waals surface area contributed by atoms with Crippen LogP contribution < -0.4 is 5.73 Å². The van der Waals surface area contributed by atoms with Crippen LogP contribution in [0, 0.1) is 0 Å². The number of halogens is 1. The number of rotatable bonds is 0. The summed E-state index contributed by atoms with van der Waals surface area (Å²) in [5, 5.41) is 0.688. The van der Waals surface area contributed by atoms with E-state index in [4.69, 9.17) is 21.8 Å².